The fourth-order valence-electron chi connectivity index (χ4n) is 2.93. The molecule has 24 heavy (non-hydrogen) atoms. The van der Waals surface area contributed by atoms with Crippen molar-refractivity contribution in [2.45, 2.75) is 44.6 Å². The van der Waals surface area contributed by atoms with Crippen LogP contribution in [-0.2, 0) is 0 Å². The lowest BCUT2D eigenvalue weighted by atomic mass is 10.1. The summed E-state index contributed by atoms with van der Waals surface area (Å²) >= 11 is 6.14. The Kier molecular flexibility index (Phi) is 5.64. The zero-order chi connectivity index (χ0) is 16.8. The molecule has 1 aliphatic rings. The fourth-order valence-corrected chi connectivity index (χ4v) is 3.12. The number of nitrogens with zero attached hydrogens (tertiary/aromatic N) is 2. The van der Waals surface area contributed by atoms with Crippen molar-refractivity contribution in [2.75, 3.05) is 5.32 Å². The van der Waals surface area contributed by atoms with Gasteiger partial charge in [-0.25, -0.2) is 9.97 Å². The lowest BCUT2D eigenvalue weighted by Gasteiger charge is -2.16. The molecule has 126 valence electrons. The quantitative estimate of drug-likeness (QED) is 0.810. The number of hydrogen-bond donors (Lipinski definition) is 2. The van der Waals surface area contributed by atoms with Crippen LogP contribution in [0.2, 0.25) is 5.02 Å². The minimum Gasteiger partial charge on any atom is -0.348 e. The highest BCUT2D eigenvalue weighted by molar-refractivity contribution is 6.33. The average molecular weight is 345 g/mol. The summed E-state index contributed by atoms with van der Waals surface area (Å²) in [5.41, 5.74) is 1.11. The van der Waals surface area contributed by atoms with Crippen molar-refractivity contribution in [2.24, 2.45) is 0 Å². The van der Waals surface area contributed by atoms with Gasteiger partial charge in [-0.3, -0.25) is 4.79 Å². The molecule has 3 rings (SSSR count). The lowest BCUT2D eigenvalue weighted by molar-refractivity contribution is 0.0928. The molecular formula is C18H21ClN4O. The van der Waals surface area contributed by atoms with E-state index in [2.05, 4.69) is 20.6 Å². The van der Waals surface area contributed by atoms with Crippen molar-refractivity contribution in [1.29, 1.82) is 0 Å². The number of nitrogens with one attached hydrogen (secondary N) is 2. The maximum Gasteiger partial charge on any atom is 0.270 e. The molecule has 1 saturated carbocycles. The zero-order valence-electron chi connectivity index (χ0n) is 13.5. The normalized spacial score (nSPS) is 15.5. The summed E-state index contributed by atoms with van der Waals surface area (Å²) in [6, 6.07) is 9.29. The Bertz CT molecular complexity index is 699. The summed E-state index contributed by atoms with van der Waals surface area (Å²) < 4.78 is 0. The SMILES string of the molecule is O=C(NC1CCCCCC1)c1cc(Nc2ccccc2Cl)ncn1. The molecule has 1 aliphatic carbocycles. The Hall–Kier alpha value is -2.14. The highest BCUT2D eigenvalue weighted by Crippen LogP contribution is 2.24. The molecule has 0 bridgehead atoms. The number of amides is 1. The molecule has 2 aromatic rings. The Morgan fingerprint density at radius 1 is 1.08 bits per heavy atom. The first-order chi connectivity index (χ1) is 11.7. The highest BCUT2D eigenvalue weighted by atomic mass is 35.5. The number of hydrogen-bond acceptors (Lipinski definition) is 4. The summed E-state index contributed by atoms with van der Waals surface area (Å²) in [7, 11) is 0. The fraction of sp³-hybridized carbons (Fsp3) is 0.389. The number of carbonyl (C=O) groups excluding carboxylic acids is 1. The van der Waals surface area contributed by atoms with Crippen molar-refractivity contribution in [3.8, 4) is 0 Å². The van der Waals surface area contributed by atoms with Crippen LogP contribution in [0.4, 0.5) is 11.5 Å². The van der Waals surface area contributed by atoms with Gasteiger partial charge >= 0.3 is 0 Å². The summed E-state index contributed by atoms with van der Waals surface area (Å²) in [6.45, 7) is 0. The van der Waals surface area contributed by atoms with E-state index in [1.165, 1.54) is 32.0 Å². The summed E-state index contributed by atoms with van der Waals surface area (Å²) in [4.78, 5) is 20.7. The van der Waals surface area contributed by atoms with Crippen LogP contribution in [0.5, 0.6) is 0 Å². The van der Waals surface area contributed by atoms with E-state index in [-0.39, 0.29) is 11.9 Å². The number of para-hydroxylation sites is 1. The van der Waals surface area contributed by atoms with Gasteiger partial charge in [0.25, 0.3) is 5.91 Å². The molecule has 0 aliphatic heterocycles. The Morgan fingerprint density at radius 2 is 1.83 bits per heavy atom. The van der Waals surface area contributed by atoms with Gasteiger partial charge < -0.3 is 10.6 Å². The Labute approximate surface area is 146 Å². The average Bonchev–Trinajstić information content (AvgIpc) is 2.86. The maximum absolute atomic E-state index is 12.4. The molecule has 2 N–H and O–H groups in total. The van der Waals surface area contributed by atoms with Gasteiger partial charge in [0.15, 0.2) is 0 Å². The summed E-state index contributed by atoms with van der Waals surface area (Å²) in [5, 5.41) is 6.81. The minimum absolute atomic E-state index is 0.147. The standard InChI is InChI=1S/C18H21ClN4O/c19-14-9-5-6-10-15(14)23-17-11-16(20-12-21-17)18(24)22-13-7-3-1-2-4-8-13/h5-6,9-13H,1-4,7-8H2,(H,22,24)(H,20,21,23). The van der Waals surface area contributed by atoms with Crippen LogP contribution >= 0.6 is 11.6 Å². The molecule has 1 fully saturated rings. The minimum atomic E-state index is -0.147. The smallest absolute Gasteiger partial charge is 0.270 e. The second kappa shape index (κ2) is 8.11. The number of benzene rings is 1. The zero-order valence-corrected chi connectivity index (χ0v) is 14.2. The Morgan fingerprint density at radius 3 is 2.58 bits per heavy atom. The first kappa shape index (κ1) is 16.7. The molecule has 0 atom stereocenters. The van der Waals surface area contributed by atoms with E-state index in [1.54, 1.807) is 12.1 Å². The second-order valence-electron chi connectivity index (χ2n) is 6.06. The van der Waals surface area contributed by atoms with Crippen LogP contribution in [-0.4, -0.2) is 21.9 Å². The molecule has 5 nitrogen and oxygen atoms in total. The molecular weight excluding hydrogens is 324 g/mol. The summed E-state index contributed by atoms with van der Waals surface area (Å²) in [6.07, 6.45) is 8.34. The lowest BCUT2D eigenvalue weighted by Crippen LogP contribution is -2.34. The van der Waals surface area contributed by atoms with Crippen LogP contribution in [0.3, 0.4) is 0 Å². The Balaban J connectivity index is 1.68. The first-order valence-corrected chi connectivity index (χ1v) is 8.74. The van der Waals surface area contributed by atoms with E-state index < -0.39 is 0 Å². The van der Waals surface area contributed by atoms with Crippen molar-refractivity contribution in [3.63, 3.8) is 0 Å². The highest BCUT2D eigenvalue weighted by Gasteiger charge is 2.17. The van der Waals surface area contributed by atoms with Crippen LogP contribution in [0, 0.1) is 0 Å². The molecule has 0 unspecified atom stereocenters. The number of rotatable bonds is 4. The summed E-state index contributed by atoms with van der Waals surface area (Å²) in [5.74, 6) is 0.399. The molecule has 6 heteroatoms. The van der Waals surface area contributed by atoms with Crippen molar-refractivity contribution in [1.82, 2.24) is 15.3 Å². The number of anilines is 2. The van der Waals surface area contributed by atoms with Crippen LogP contribution in [0.15, 0.2) is 36.7 Å². The van der Waals surface area contributed by atoms with Crippen molar-refractivity contribution >= 4 is 29.0 Å². The predicted octanol–water partition coefficient (Wildman–Crippen LogP) is 4.33. The molecule has 1 amide bonds. The van der Waals surface area contributed by atoms with Gasteiger partial charge in [0.1, 0.15) is 17.8 Å². The number of aromatic nitrogens is 2. The first-order valence-electron chi connectivity index (χ1n) is 8.37. The van der Waals surface area contributed by atoms with Gasteiger partial charge in [-0.2, -0.15) is 0 Å². The topological polar surface area (TPSA) is 66.9 Å². The largest absolute Gasteiger partial charge is 0.348 e. The molecule has 0 spiro atoms. The van der Waals surface area contributed by atoms with Crippen LogP contribution in [0.25, 0.3) is 0 Å². The van der Waals surface area contributed by atoms with E-state index in [9.17, 15) is 4.79 Å². The third kappa shape index (κ3) is 4.45. The molecule has 0 saturated heterocycles. The van der Waals surface area contributed by atoms with E-state index in [0.717, 1.165) is 18.5 Å². The van der Waals surface area contributed by atoms with E-state index in [4.69, 9.17) is 11.6 Å². The third-order valence-electron chi connectivity index (χ3n) is 4.23. The molecule has 1 heterocycles. The second-order valence-corrected chi connectivity index (χ2v) is 6.46. The molecule has 1 aromatic carbocycles. The van der Waals surface area contributed by atoms with Gasteiger partial charge in [-0.15, -0.1) is 0 Å². The van der Waals surface area contributed by atoms with Crippen molar-refractivity contribution in [3.05, 3.63) is 47.4 Å². The van der Waals surface area contributed by atoms with Gasteiger partial charge in [-0.05, 0) is 25.0 Å². The van der Waals surface area contributed by atoms with Gasteiger partial charge in [0.05, 0.1) is 10.7 Å². The predicted molar refractivity (Wildman–Crippen MR) is 95.7 cm³/mol. The molecule has 1 aromatic heterocycles. The van der Waals surface area contributed by atoms with Crippen molar-refractivity contribution < 1.29 is 4.79 Å². The van der Waals surface area contributed by atoms with E-state index in [1.807, 2.05) is 18.2 Å². The number of halogens is 1. The van der Waals surface area contributed by atoms with E-state index >= 15 is 0 Å². The monoisotopic (exact) mass is 344 g/mol. The maximum atomic E-state index is 12.4. The molecule has 0 radical (unpaired) electrons. The third-order valence-corrected chi connectivity index (χ3v) is 4.56. The van der Waals surface area contributed by atoms with E-state index in [0.29, 0.717) is 16.5 Å². The van der Waals surface area contributed by atoms with Gasteiger partial charge in [0, 0.05) is 12.1 Å². The van der Waals surface area contributed by atoms with Gasteiger partial charge in [0.2, 0.25) is 0 Å². The number of carbonyl (C=O) groups is 1. The van der Waals surface area contributed by atoms with Crippen LogP contribution in [0.1, 0.15) is 49.0 Å². The van der Waals surface area contributed by atoms with Gasteiger partial charge in [-0.1, -0.05) is 49.4 Å². The van der Waals surface area contributed by atoms with Crippen LogP contribution < -0.4 is 10.6 Å².